The number of aliphatic hydroxyl groups is 1. The van der Waals surface area contributed by atoms with Crippen LogP contribution in [0.3, 0.4) is 0 Å². The minimum absolute atomic E-state index is 0.0499. The summed E-state index contributed by atoms with van der Waals surface area (Å²) in [4.78, 5) is 11.8. The molecule has 0 aliphatic carbocycles. The molecular weight excluding hydrogens is 210 g/mol. The number of aliphatic hydroxyl groups excluding tert-OH is 1. The van der Waals surface area contributed by atoms with E-state index in [1.54, 1.807) is 0 Å². The predicted molar refractivity (Wildman–Crippen MR) is 66.2 cm³/mol. The van der Waals surface area contributed by atoms with Crippen LogP contribution in [-0.2, 0) is 4.79 Å². The van der Waals surface area contributed by atoms with Crippen LogP contribution in [0.1, 0.15) is 40.5 Å². The van der Waals surface area contributed by atoms with E-state index in [-0.39, 0.29) is 29.2 Å². The Kier molecular flexibility index (Phi) is 6.29. The van der Waals surface area contributed by atoms with Crippen molar-refractivity contribution < 1.29 is 9.90 Å². The third-order valence-corrected chi connectivity index (χ3v) is 3.60. The van der Waals surface area contributed by atoms with Gasteiger partial charge in [-0.05, 0) is 25.7 Å². The molecule has 15 heavy (non-hydrogen) atoms. The third-order valence-electron chi connectivity index (χ3n) is 2.77. The molecule has 1 amide bonds. The van der Waals surface area contributed by atoms with Gasteiger partial charge in [0.15, 0.2) is 0 Å². The van der Waals surface area contributed by atoms with Gasteiger partial charge < -0.3 is 10.4 Å². The normalized spacial score (nSPS) is 17.3. The van der Waals surface area contributed by atoms with Gasteiger partial charge in [-0.1, -0.05) is 20.8 Å². The SMILES string of the molecule is CCC(C)(CCO)NC(=O)C(S)C(C)C. The zero-order valence-corrected chi connectivity index (χ0v) is 11.0. The summed E-state index contributed by atoms with van der Waals surface area (Å²) in [6, 6.07) is 0. The minimum Gasteiger partial charge on any atom is -0.396 e. The van der Waals surface area contributed by atoms with Gasteiger partial charge in [0.2, 0.25) is 5.91 Å². The molecule has 0 saturated carbocycles. The van der Waals surface area contributed by atoms with Crippen LogP contribution in [0.4, 0.5) is 0 Å². The monoisotopic (exact) mass is 233 g/mol. The van der Waals surface area contributed by atoms with E-state index in [4.69, 9.17) is 5.11 Å². The average molecular weight is 233 g/mol. The molecule has 2 N–H and O–H groups in total. The molecule has 0 aromatic carbocycles. The number of carbonyl (C=O) groups is 1. The highest BCUT2D eigenvalue weighted by Crippen LogP contribution is 2.16. The van der Waals surface area contributed by atoms with Gasteiger partial charge in [0.05, 0.1) is 5.25 Å². The quantitative estimate of drug-likeness (QED) is 0.610. The molecule has 4 heteroatoms. The van der Waals surface area contributed by atoms with E-state index in [1.807, 2.05) is 27.7 Å². The summed E-state index contributed by atoms with van der Waals surface area (Å²) in [5.41, 5.74) is -0.318. The fourth-order valence-electron chi connectivity index (χ4n) is 1.25. The van der Waals surface area contributed by atoms with Gasteiger partial charge in [0.1, 0.15) is 0 Å². The van der Waals surface area contributed by atoms with Crippen molar-refractivity contribution in [2.75, 3.05) is 6.61 Å². The van der Waals surface area contributed by atoms with Gasteiger partial charge in [-0.2, -0.15) is 12.6 Å². The Bertz CT molecular complexity index is 209. The summed E-state index contributed by atoms with van der Waals surface area (Å²) in [6.45, 7) is 7.96. The summed E-state index contributed by atoms with van der Waals surface area (Å²) >= 11 is 4.26. The Labute approximate surface area is 98.0 Å². The third kappa shape index (κ3) is 4.89. The number of carbonyl (C=O) groups excluding carboxylic acids is 1. The lowest BCUT2D eigenvalue weighted by molar-refractivity contribution is -0.123. The maximum Gasteiger partial charge on any atom is 0.233 e. The van der Waals surface area contributed by atoms with Gasteiger partial charge in [-0.15, -0.1) is 0 Å². The number of thiol groups is 1. The Morgan fingerprint density at radius 2 is 2.07 bits per heavy atom. The largest absolute Gasteiger partial charge is 0.396 e. The van der Waals surface area contributed by atoms with Gasteiger partial charge in [0, 0.05) is 12.1 Å². The Morgan fingerprint density at radius 3 is 2.40 bits per heavy atom. The first kappa shape index (κ1) is 14.8. The highest BCUT2D eigenvalue weighted by Gasteiger charge is 2.27. The van der Waals surface area contributed by atoms with Crippen molar-refractivity contribution in [2.45, 2.75) is 51.3 Å². The molecule has 0 aromatic rings. The van der Waals surface area contributed by atoms with Crippen LogP contribution in [0.25, 0.3) is 0 Å². The molecule has 0 aromatic heterocycles. The molecule has 0 bridgehead atoms. The maximum atomic E-state index is 11.8. The van der Waals surface area contributed by atoms with E-state index in [9.17, 15) is 4.79 Å². The zero-order chi connectivity index (χ0) is 12.1. The number of amides is 1. The lowest BCUT2D eigenvalue weighted by Crippen LogP contribution is -2.49. The van der Waals surface area contributed by atoms with Crippen molar-refractivity contribution in [1.29, 1.82) is 0 Å². The molecule has 2 atom stereocenters. The first-order valence-corrected chi connectivity index (χ1v) is 5.99. The van der Waals surface area contributed by atoms with Crippen LogP contribution in [-0.4, -0.2) is 28.4 Å². The van der Waals surface area contributed by atoms with Gasteiger partial charge in [-0.25, -0.2) is 0 Å². The van der Waals surface area contributed by atoms with Crippen molar-refractivity contribution in [1.82, 2.24) is 5.32 Å². The molecule has 0 spiro atoms. The van der Waals surface area contributed by atoms with Gasteiger partial charge >= 0.3 is 0 Å². The summed E-state index contributed by atoms with van der Waals surface area (Å²) in [5.74, 6) is 0.162. The van der Waals surface area contributed by atoms with Gasteiger partial charge in [0.25, 0.3) is 0 Å². The number of hydrogen-bond acceptors (Lipinski definition) is 3. The van der Waals surface area contributed by atoms with Crippen LogP contribution < -0.4 is 5.32 Å². The Morgan fingerprint density at radius 1 is 1.53 bits per heavy atom. The maximum absolute atomic E-state index is 11.8. The van der Waals surface area contributed by atoms with Gasteiger partial charge in [-0.3, -0.25) is 4.79 Å². The molecule has 0 aliphatic rings. The molecule has 0 radical (unpaired) electrons. The highest BCUT2D eigenvalue weighted by atomic mass is 32.1. The summed E-state index contributed by atoms with van der Waals surface area (Å²) < 4.78 is 0. The van der Waals surface area contributed by atoms with E-state index in [0.29, 0.717) is 6.42 Å². The van der Waals surface area contributed by atoms with Crippen LogP contribution in [0.5, 0.6) is 0 Å². The average Bonchev–Trinajstić information content (AvgIpc) is 2.16. The minimum atomic E-state index is -0.318. The molecule has 3 nitrogen and oxygen atoms in total. The lowest BCUT2D eigenvalue weighted by atomic mass is 9.94. The highest BCUT2D eigenvalue weighted by molar-refractivity contribution is 7.81. The molecule has 0 heterocycles. The van der Waals surface area contributed by atoms with E-state index in [2.05, 4.69) is 17.9 Å². The molecule has 2 unspecified atom stereocenters. The first-order valence-electron chi connectivity index (χ1n) is 5.47. The fraction of sp³-hybridized carbons (Fsp3) is 0.909. The van der Waals surface area contributed by atoms with Crippen LogP contribution in [0, 0.1) is 5.92 Å². The summed E-state index contributed by atoms with van der Waals surface area (Å²) in [7, 11) is 0. The van der Waals surface area contributed by atoms with Crippen LogP contribution in [0.15, 0.2) is 0 Å². The van der Waals surface area contributed by atoms with E-state index in [0.717, 1.165) is 6.42 Å². The van der Waals surface area contributed by atoms with Crippen molar-refractivity contribution in [2.24, 2.45) is 5.92 Å². The van der Waals surface area contributed by atoms with Crippen LogP contribution >= 0.6 is 12.6 Å². The second kappa shape index (κ2) is 6.38. The number of nitrogens with one attached hydrogen (secondary N) is 1. The molecule has 0 aliphatic heterocycles. The van der Waals surface area contributed by atoms with Crippen molar-refractivity contribution in [3.63, 3.8) is 0 Å². The molecular formula is C11H23NO2S. The second-order valence-corrected chi connectivity index (χ2v) is 5.12. The van der Waals surface area contributed by atoms with Crippen molar-refractivity contribution in [3.05, 3.63) is 0 Å². The number of rotatable bonds is 6. The predicted octanol–water partition coefficient (Wildman–Crippen LogP) is 1.61. The first-order chi connectivity index (χ1) is 6.86. The van der Waals surface area contributed by atoms with E-state index >= 15 is 0 Å². The van der Waals surface area contributed by atoms with Crippen LogP contribution in [0.2, 0.25) is 0 Å². The summed E-state index contributed by atoms with van der Waals surface area (Å²) in [5, 5.41) is 11.6. The molecule has 90 valence electrons. The Balaban J connectivity index is 4.36. The number of hydrogen-bond donors (Lipinski definition) is 3. The van der Waals surface area contributed by atoms with Crippen molar-refractivity contribution in [3.8, 4) is 0 Å². The standard InChI is InChI=1S/C11H23NO2S/c1-5-11(4,6-7-13)12-10(14)9(15)8(2)3/h8-9,13,15H,5-7H2,1-4H3,(H,12,14). The molecule has 0 rings (SSSR count). The molecule has 0 saturated heterocycles. The summed E-state index contributed by atoms with van der Waals surface area (Å²) in [6.07, 6.45) is 1.38. The van der Waals surface area contributed by atoms with E-state index < -0.39 is 0 Å². The Hall–Kier alpha value is -0.220. The second-order valence-electron chi connectivity index (χ2n) is 4.57. The van der Waals surface area contributed by atoms with E-state index in [1.165, 1.54) is 0 Å². The topological polar surface area (TPSA) is 49.3 Å². The zero-order valence-electron chi connectivity index (χ0n) is 10.1. The lowest BCUT2D eigenvalue weighted by Gasteiger charge is -2.30. The van der Waals surface area contributed by atoms with Crippen molar-refractivity contribution >= 4 is 18.5 Å². The smallest absolute Gasteiger partial charge is 0.233 e. The molecule has 0 fully saturated rings. The fourth-order valence-corrected chi connectivity index (χ4v) is 1.31.